The molecule has 1 unspecified atom stereocenters. The van der Waals surface area contributed by atoms with Crippen molar-refractivity contribution in [2.24, 2.45) is 5.92 Å². The summed E-state index contributed by atoms with van der Waals surface area (Å²) in [6.07, 6.45) is 3.99. The van der Waals surface area contributed by atoms with Crippen molar-refractivity contribution >= 4 is 0 Å². The maximum atomic E-state index is 9.72. The van der Waals surface area contributed by atoms with E-state index in [1.54, 1.807) is 12.1 Å². The molecule has 2 nitrogen and oxygen atoms in total. The zero-order valence-corrected chi connectivity index (χ0v) is 8.19. The minimum absolute atomic E-state index is 0.216. The van der Waals surface area contributed by atoms with Crippen LogP contribution in [0.25, 0.3) is 0 Å². The van der Waals surface area contributed by atoms with E-state index in [0.29, 0.717) is 6.42 Å². The van der Waals surface area contributed by atoms with Crippen molar-refractivity contribution < 1.29 is 10.2 Å². The zero-order valence-electron chi connectivity index (χ0n) is 8.19. The summed E-state index contributed by atoms with van der Waals surface area (Å²) in [6.45, 7) is 0. The van der Waals surface area contributed by atoms with Crippen LogP contribution in [0, 0.1) is 5.92 Å². The highest BCUT2D eigenvalue weighted by Gasteiger charge is 2.24. The molecule has 14 heavy (non-hydrogen) atoms. The molecule has 0 heterocycles. The fourth-order valence-corrected chi connectivity index (χ4v) is 1.73. The van der Waals surface area contributed by atoms with Crippen LogP contribution in [0.3, 0.4) is 0 Å². The molecule has 1 aliphatic rings. The van der Waals surface area contributed by atoms with Gasteiger partial charge < -0.3 is 10.2 Å². The Bertz CT molecular complexity index is 288. The third-order valence-electron chi connectivity index (χ3n) is 2.71. The van der Waals surface area contributed by atoms with Gasteiger partial charge in [-0.3, -0.25) is 0 Å². The lowest BCUT2D eigenvalue weighted by Crippen LogP contribution is -2.10. The van der Waals surface area contributed by atoms with Gasteiger partial charge in [-0.1, -0.05) is 25.0 Å². The second-order valence-corrected chi connectivity index (χ2v) is 4.20. The molecule has 1 saturated carbocycles. The van der Waals surface area contributed by atoms with E-state index in [1.807, 2.05) is 12.1 Å². The Morgan fingerprint density at radius 1 is 1.21 bits per heavy atom. The lowest BCUT2D eigenvalue weighted by molar-refractivity contribution is 0.158. The third-order valence-corrected chi connectivity index (χ3v) is 2.71. The minimum atomic E-state index is -0.216. The molecule has 1 aromatic carbocycles. The Kier molecular flexibility index (Phi) is 2.73. The van der Waals surface area contributed by atoms with E-state index in [2.05, 4.69) is 0 Å². The van der Waals surface area contributed by atoms with Crippen LogP contribution in [-0.4, -0.2) is 16.3 Å². The number of rotatable bonds is 4. The average Bonchev–Trinajstić information content (AvgIpc) is 2.93. The van der Waals surface area contributed by atoms with Gasteiger partial charge in [0.25, 0.3) is 0 Å². The summed E-state index contributed by atoms with van der Waals surface area (Å²) < 4.78 is 0. The molecule has 76 valence electrons. The van der Waals surface area contributed by atoms with Gasteiger partial charge in [-0.15, -0.1) is 0 Å². The van der Waals surface area contributed by atoms with Gasteiger partial charge in [0.05, 0.1) is 6.10 Å². The van der Waals surface area contributed by atoms with Crippen LogP contribution in [0.4, 0.5) is 0 Å². The molecule has 1 atom stereocenters. The Hall–Kier alpha value is -1.02. The van der Waals surface area contributed by atoms with Gasteiger partial charge in [-0.05, 0) is 36.5 Å². The van der Waals surface area contributed by atoms with Crippen LogP contribution in [0.1, 0.15) is 24.8 Å². The van der Waals surface area contributed by atoms with Gasteiger partial charge in [0, 0.05) is 0 Å². The third kappa shape index (κ3) is 2.74. The molecule has 0 saturated heterocycles. The molecule has 1 aromatic rings. The predicted octanol–water partition coefficient (Wildman–Crippen LogP) is 2.10. The van der Waals surface area contributed by atoms with Gasteiger partial charge >= 0.3 is 0 Å². The van der Waals surface area contributed by atoms with Crippen molar-refractivity contribution in [3.05, 3.63) is 29.8 Å². The first kappa shape index (κ1) is 9.53. The molecule has 2 rings (SSSR count). The number of phenolic OH excluding ortho intramolecular Hbond substituents is 1. The molecule has 0 radical (unpaired) electrons. The Balaban J connectivity index is 1.85. The second-order valence-electron chi connectivity index (χ2n) is 4.20. The van der Waals surface area contributed by atoms with E-state index >= 15 is 0 Å². The lowest BCUT2D eigenvalue weighted by atomic mass is 10.0. The minimum Gasteiger partial charge on any atom is -0.508 e. The van der Waals surface area contributed by atoms with Gasteiger partial charge in [0.15, 0.2) is 0 Å². The number of benzene rings is 1. The maximum absolute atomic E-state index is 9.72. The molecule has 0 bridgehead atoms. The first-order chi connectivity index (χ1) is 6.74. The summed E-state index contributed by atoms with van der Waals surface area (Å²) >= 11 is 0. The normalized spacial score (nSPS) is 18.1. The van der Waals surface area contributed by atoms with Crippen molar-refractivity contribution in [3.8, 4) is 5.75 Å². The van der Waals surface area contributed by atoms with Crippen LogP contribution in [0.5, 0.6) is 5.75 Å². The summed E-state index contributed by atoms with van der Waals surface area (Å²) in [6, 6.07) is 7.06. The first-order valence-corrected chi connectivity index (χ1v) is 5.20. The molecule has 2 N–H and O–H groups in total. The molecular weight excluding hydrogens is 176 g/mol. The molecule has 2 heteroatoms. The topological polar surface area (TPSA) is 40.5 Å². The second kappa shape index (κ2) is 4.01. The summed E-state index contributed by atoms with van der Waals surface area (Å²) in [5, 5.41) is 18.8. The fraction of sp³-hybridized carbons (Fsp3) is 0.500. The Morgan fingerprint density at radius 3 is 2.43 bits per heavy atom. The van der Waals surface area contributed by atoms with E-state index in [4.69, 9.17) is 5.11 Å². The Morgan fingerprint density at radius 2 is 1.86 bits per heavy atom. The lowest BCUT2D eigenvalue weighted by Gasteiger charge is -2.09. The molecular formula is C12H16O2. The summed E-state index contributed by atoms with van der Waals surface area (Å²) in [4.78, 5) is 0. The number of aliphatic hydroxyl groups excluding tert-OH is 1. The van der Waals surface area contributed by atoms with Crippen molar-refractivity contribution in [1.82, 2.24) is 0 Å². The molecule has 1 fully saturated rings. The van der Waals surface area contributed by atoms with Gasteiger partial charge in [0.2, 0.25) is 0 Å². The summed E-state index contributed by atoms with van der Waals surface area (Å²) in [7, 11) is 0. The molecule has 0 aromatic heterocycles. The van der Waals surface area contributed by atoms with Gasteiger partial charge in [-0.2, -0.15) is 0 Å². The quantitative estimate of drug-likeness (QED) is 0.767. The molecule has 0 amide bonds. The van der Waals surface area contributed by atoms with E-state index < -0.39 is 0 Å². The molecule has 1 aliphatic carbocycles. The number of phenols is 1. The molecule has 0 aliphatic heterocycles. The summed E-state index contributed by atoms with van der Waals surface area (Å²) in [5.41, 5.74) is 1.09. The standard InChI is InChI=1S/C12H16O2/c13-11-5-3-10(4-6-11)8-12(14)7-9-1-2-9/h3-6,9,12-14H,1-2,7-8H2. The number of hydrogen-bond donors (Lipinski definition) is 2. The van der Waals surface area contributed by atoms with E-state index in [-0.39, 0.29) is 11.9 Å². The first-order valence-electron chi connectivity index (χ1n) is 5.20. The van der Waals surface area contributed by atoms with Crippen LogP contribution in [0.2, 0.25) is 0 Å². The highest BCUT2D eigenvalue weighted by atomic mass is 16.3. The maximum Gasteiger partial charge on any atom is 0.115 e. The Labute approximate surface area is 84.2 Å². The van der Waals surface area contributed by atoms with Crippen LogP contribution in [-0.2, 0) is 6.42 Å². The SMILES string of the molecule is Oc1ccc(CC(O)CC2CC2)cc1. The van der Waals surface area contributed by atoms with Crippen LogP contribution in [0.15, 0.2) is 24.3 Å². The number of aromatic hydroxyl groups is 1. The van der Waals surface area contributed by atoms with E-state index in [1.165, 1.54) is 12.8 Å². The van der Waals surface area contributed by atoms with Crippen LogP contribution < -0.4 is 0 Å². The smallest absolute Gasteiger partial charge is 0.115 e. The number of hydrogen-bond acceptors (Lipinski definition) is 2. The zero-order chi connectivity index (χ0) is 9.97. The monoisotopic (exact) mass is 192 g/mol. The van der Waals surface area contributed by atoms with E-state index in [9.17, 15) is 5.11 Å². The highest BCUT2D eigenvalue weighted by molar-refractivity contribution is 5.26. The number of aliphatic hydroxyl groups is 1. The fourth-order valence-electron chi connectivity index (χ4n) is 1.73. The van der Waals surface area contributed by atoms with Crippen molar-refractivity contribution in [2.75, 3.05) is 0 Å². The van der Waals surface area contributed by atoms with Crippen molar-refractivity contribution in [2.45, 2.75) is 31.8 Å². The predicted molar refractivity (Wildman–Crippen MR) is 55.2 cm³/mol. The van der Waals surface area contributed by atoms with E-state index in [0.717, 1.165) is 17.9 Å². The van der Waals surface area contributed by atoms with Crippen LogP contribution >= 0.6 is 0 Å². The highest BCUT2D eigenvalue weighted by Crippen LogP contribution is 2.34. The largest absolute Gasteiger partial charge is 0.508 e. The van der Waals surface area contributed by atoms with Crippen molar-refractivity contribution in [3.63, 3.8) is 0 Å². The average molecular weight is 192 g/mol. The molecule has 0 spiro atoms. The summed E-state index contributed by atoms with van der Waals surface area (Å²) in [5.74, 6) is 1.05. The van der Waals surface area contributed by atoms with Crippen molar-refractivity contribution in [1.29, 1.82) is 0 Å². The van der Waals surface area contributed by atoms with Gasteiger partial charge in [0.1, 0.15) is 5.75 Å². The van der Waals surface area contributed by atoms with Gasteiger partial charge in [-0.25, -0.2) is 0 Å².